The molecule has 0 aromatic heterocycles. The zero-order chi connectivity index (χ0) is 30.3. The molecule has 6 nitrogen and oxygen atoms in total. The first-order chi connectivity index (χ1) is 20.0. The molecular weight excluding hydrogens is 545 g/mol. The van der Waals surface area contributed by atoms with Gasteiger partial charge in [0.05, 0.1) is 18.2 Å². The van der Waals surface area contributed by atoms with Crippen LogP contribution in [-0.2, 0) is 28.7 Å². The number of halogens is 3. The van der Waals surface area contributed by atoms with E-state index in [1.165, 1.54) is 12.1 Å². The van der Waals surface area contributed by atoms with Crippen LogP contribution in [0.2, 0.25) is 0 Å². The summed E-state index contributed by atoms with van der Waals surface area (Å²) in [6.45, 7) is 4.48. The smallest absolute Gasteiger partial charge is 0.416 e. The first kappa shape index (κ1) is 30.7. The maximum atomic E-state index is 12.8. The van der Waals surface area contributed by atoms with Gasteiger partial charge >= 0.3 is 18.2 Å². The number of nitrogens with zero attached hydrogens (tertiary/aromatic N) is 2. The molecule has 0 bridgehead atoms. The largest absolute Gasteiger partial charge is 0.476 e. The van der Waals surface area contributed by atoms with Gasteiger partial charge in [0.2, 0.25) is 5.60 Å². The standard InChI is InChI=1S/C33H35F3N2O4/c1-4-41-30(39)32(2,42-29-11-6-5-7-12-29)21-25-15-13-24(14-16-25)9-8-10-28-23-38(31(40)37(28)3)22-26-17-19-27(20-18-26)33(34,35)36/h5-9,11-20,28H,4,10,21-23H2,1-3H3/b9-8+. The van der Waals surface area contributed by atoms with Crippen molar-refractivity contribution in [2.75, 3.05) is 20.2 Å². The zero-order valence-corrected chi connectivity index (χ0v) is 23.9. The predicted octanol–water partition coefficient (Wildman–Crippen LogP) is 6.99. The molecule has 9 heteroatoms. The quantitative estimate of drug-likeness (QED) is 0.230. The lowest BCUT2D eigenvalue weighted by Crippen LogP contribution is -2.45. The molecule has 2 amide bonds. The minimum atomic E-state index is -4.39. The number of urea groups is 1. The van der Waals surface area contributed by atoms with Crippen LogP contribution in [0.15, 0.2) is 84.9 Å². The topological polar surface area (TPSA) is 59.1 Å². The highest BCUT2D eigenvalue weighted by atomic mass is 19.4. The summed E-state index contributed by atoms with van der Waals surface area (Å²) in [6, 6.07) is 21.7. The molecule has 0 N–H and O–H groups in total. The lowest BCUT2D eigenvalue weighted by Gasteiger charge is -2.28. The van der Waals surface area contributed by atoms with Crippen molar-refractivity contribution in [2.45, 2.75) is 51.1 Å². The van der Waals surface area contributed by atoms with Crippen molar-refractivity contribution in [1.29, 1.82) is 0 Å². The highest BCUT2D eigenvalue weighted by Crippen LogP contribution is 2.30. The highest BCUT2D eigenvalue weighted by Gasteiger charge is 2.38. The number of carbonyl (C=O) groups is 2. The molecule has 0 spiro atoms. The molecule has 4 rings (SSSR count). The van der Waals surface area contributed by atoms with Crippen LogP contribution in [-0.4, -0.2) is 53.6 Å². The summed E-state index contributed by atoms with van der Waals surface area (Å²) in [6.07, 6.45) is 0.547. The maximum Gasteiger partial charge on any atom is 0.416 e. The van der Waals surface area contributed by atoms with E-state index in [9.17, 15) is 22.8 Å². The predicted molar refractivity (Wildman–Crippen MR) is 155 cm³/mol. The average molecular weight is 581 g/mol. The fourth-order valence-electron chi connectivity index (χ4n) is 4.90. The lowest BCUT2D eigenvalue weighted by atomic mass is 9.95. The third-order valence-electron chi connectivity index (χ3n) is 7.24. The summed E-state index contributed by atoms with van der Waals surface area (Å²) < 4.78 is 49.9. The lowest BCUT2D eigenvalue weighted by molar-refractivity contribution is -0.160. The number of ether oxygens (including phenoxy) is 2. The van der Waals surface area contributed by atoms with Crippen molar-refractivity contribution in [3.8, 4) is 5.75 Å². The van der Waals surface area contributed by atoms with Crippen LogP contribution in [0, 0.1) is 0 Å². The maximum absolute atomic E-state index is 12.8. The Balaban J connectivity index is 1.34. The molecule has 0 aliphatic carbocycles. The van der Waals surface area contributed by atoms with Gasteiger partial charge < -0.3 is 19.3 Å². The fraction of sp³-hybridized carbons (Fsp3) is 0.333. The van der Waals surface area contributed by atoms with Gasteiger partial charge in [-0.25, -0.2) is 9.59 Å². The molecule has 3 aromatic rings. The molecular formula is C33H35F3N2O4. The minimum absolute atomic E-state index is 0.0529. The molecule has 0 saturated carbocycles. The van der Waals surface area contributed by atoms with Crippen LogP contribution in [0.5, 0.6) is 5.75 Å². The van der Waals surface area contributed by atoms with Crippen LogP contribution >= 0.6 is 0 Å². The highest BCUT2D eigenvalue weighted by molar-refractivity contribution is 5.80. The molecule has 42 heavy (non-hydrogen) atoms. The van der Waals surface area contributed by atoms with Crippen LogP contribution in [0.1, 0.15) is 42.5 Å². The normalized spacial score (nSPS) is 17.0. The summed E-state index contributed by atoms with van der Waals surface area (Å²) in [4.78, 5) is 28.9. The zero-order valence-electron chi connectivity index (χ0n) is 23.9. The molecule has 1 fully saturated rings. The Morgan fingerprint density at radius 3 is 2.24 bits per heavy atom. The third-order valence-corrected chi connectivity index (χ3v) is 7.24. The number of hydrogen-bond donors (Lipinski definition) is 0. The van der Waals surface area contributed by atoms with Crippen LogP contribution < -0.4 is 4.74 Å². The number of carbonyl (C=O) groups excluding carboxylic acids is 2. The summed E-state index contributed by atoms with van der Waals surface area (Å²) in [5.74, 6) is 0.154. The number of rotatable bonds is 11. The second-order valence-corrected chi connectivity index (χ2v) is 10.5. The van der Waals surface area contributed by atoms with Crippen LogP contribution in [0.3, 0.4) is 0 Å². The van der Waals surface area contributed by atoms with Crippen molar-refractivity contribution in [1.82, 2.24) is 9.80 Å². The van der Waals surface area contributed by atoms with Crippen LogP contribution in [0.4, 0.5) is 18.0 Å². The number of esters is 1. The van der Waals surface area contributed by atoms with Crippen LogP contribution in [0.25, 0.3) is 6.08 Å². The SMILES string of the molecule is CCOC(=O)C(C)(Cc1ccc(/C=C/CC2CN(Cc3ccc(C(F)(F)F)cc3)C(=O)N2C)cc1)Oc1ccccc1. The molecule has 1 aliphatic heterocycles. The second-order valence-electron chi connectivity index (χ2n) is 10.5. The monoisotopic (exact) mass is 580 g/mol. The van der Waals surface area contributed by atoms with Gasteiger partial charge in [0.15, 0.2) is 0 Å². The van der Waals surface area contributed by atoms with Gasteiger partial charge in [0.1, 0.15) is 5.75 Å². The van der Waals surface area contributed by atoms with Crippen molar-refractivity contribution in [3.05, 3.63) is 107 Å². The Morgan fingerprint density at radius 1 is 0.976 bits per heavy atom. The molecule has 222 valence electrons. The Bertz CT molecular complexity index is 1380. The second kappa shape index (κ2) is 13.1. The first-order valence-electron chi connectivity index (χ1n) is 13.8. The van der Waals surface area contributed by atoms with Crippen molar-refractivity contribution < 1.29 is 32.2 Å². The van der Waals surface area contributed by atoms with E-state index in [1.54, 1.807) is 42.8 Å². The molecule has 2 unspecified atom stereocenters. The number of likely N-dealkylation sites (N-methyl/N-ethyl adjacent to an activating group) is 1. The summed E-state index contributed by atoms with van der Waals surface area (Å²) in [5, 5.41) is 0. The average Bonchev–Trinajstić information content (AvgIpc) is 3.22. The molecule has 1 aliphatic rings. The van der Waals surface area contributed by atoms with E-state index in [0.717, 1.165) is 23.3 Å². The minimum Gasteiger partial charge on any atom is -0.476 e. The number of benzene rings is 3. The van der Waals surface area contributed by atoms with E-state index in [-0.39, 0.29) is 25.2 Å². The molecule has 1 heterocycles. The van der Waals surface area contributed by atoms with E-state index in [1.807, 2.05) is 54.6 Å². The van der Waals surface area contributed by atoms with Gasteiger partial charge in [-0.2, -0.15) is 13.2 Å². The fourth-order valence-corrected chi connectivity index (χ4v) is 4.90. The van der Waals surface area contributed by atoms with Gasteiger partial charge in [-0.1, -0.05) is 66.7 Å². The van der Waals surface area contributed by atoms with E-state index in [2.05, 4.69) is 0 Å². The summed E-state index contributed by atoms with van der Waals surface area (Å²) >= 11 is 0. The van der Waals surface area contributed by atoms with Gasteiger partial charge in [0.25, 0.3) is 0 Å². The number of alkyl halides is 3. The number of amides is 2. The Kier molecular flexibility index (Phi) is 9.60. The third kappa shape index (κ3) is 7.72. The van der Waals surface area contributed by atoms with Gasteiger partial charge in [0, 0.05) is 26.6 Å². The molecule has 0 radical (unpaired) electrons. The number of hydrogen-bond acceptors (Lipinski definition) is 4. The van der Waals surface area contributed by atoms with Gasteiger partial charge in [-0.3, -0.25) is 0 Å². The molecule has 1 saturated heterocycles. The summed E-state index contributed by atoms with van der Waals surface area (Å²) in [5.41, 5.74) is 0.628. The van der Waals surface area contributed by atoms with E-state index in [0.29, 0.717) is 30.7 Å². The summed E-state index contributed by atoms with van der Waals surface area (Å²) in [7, 11) is 1.74. The van der Waals surface area contributed by atoms with E-state index >= 15 is 0 Å². The van der Waals surface area contributed by atoms with E-state index < -0.39 is 23.3 Å². The van der Waals surface area contributed by atoms with Gasteiger partial charge in [-0.05, 0) is 61.2 Å². The van der Waals surface area contributed by atoms with Gasteiger partial charge in [-0.15, -0.1) is 0 Å². The van der Waals surface area contributed by atoms with Crippen molar-refractivity contribution in [3.63, 3.8) is 0 Å². The number of para-hydroxylation sites is 1. The van der Waals surface area contributed by atoms with Crippen molar-refractivity contribution >= 4 is 18.1 Å². The van der Waals surface area contributed by atoms with Crippen molar-refractivity contribution in [2.24, 2.45) is 0 Å². The Hall–Kier alpha value is -4.27. The molecule has 2 atom stereocenters. The Labute approximate surface area is 244 Å². The van der Waals surface area contributed by atoms with E-state index in [4.69, 9.17) is 9.47 Å². The molecule has 3 aromatic carbocycles. The Morgan fingerprint density at radius 2 is 1.62 bits per heavy atom. The first-order valence-corrected chi connectivity index (χ1v) is 13.8.